The first kappa shape index (κ1) is 17.2. The van der Waals surface area contributed by atoms with Crippen molar-refractivity contribution < 1.29 is 20.1 Å². The van der Waals surface area contributed by atoms with E-state index in [0.29, 0.717) is 12.1 Å². The average Bonchev–Trinajstić information content (AvgIpc) is 3.19. The summed E-state index contributed by atoms with van der Waals surface area (Å²) in [5.74, 6) is 0. The van der Waals surface area contributed by atoms with Gasteiger partial charge in [0.2, 0.25) is 0 Å². The molecule has 4 rings (SSSR count). The van der Waals surface area contributed by atoms with Crippen molar-refractivity contribution in [3.8, 4) is 0 Å². The highest BCUT2D eigenvalue weighted by Gasteiger charge is 2.47. The third-order valence-electron chi connectivity index (χ3n) is 5.05. The Morgan fingerprint density at radius 1 is 1.12 bits per heavy atom. The Labute approximate surface area is 151 Å². The Morgan fingerprint density at radius 3 is 2.65 bits per heavy atom. The van der Waals surface area contributed by atoms with E-state index in [9.17, 15) is 15.3 Å². The first-order valence-corrected chi connectivity index (χ1v) is 8.72. The van der Waals surface area contributed by atoms with Crippen LogP contribution in [0.15, 0.2) is 54.9 Å². The van der Waals surface area contributed by atoms with Crippen LogP contribution in [0.5, 0.6) is 0 Å². The first-order chi connectivity index (χ1) is 12.6. The number of hydrogen-bond donors (Lipinski definition) is 3. The van der Waals surface area contributed by atoms with Crippen molar-refractivity contribution in [2.24, 2.45) is 0 Å². The molecule has 1 aliphatic rings. The lowest BCUT2D eigenvalue weighted by Gasteiger charge is -2.21. The van der Waals surface area contributed by atoms with Crippen LogP contribution >= 0.6 is 0 Å². The fourth-order valence-corrected chi connectivity index (χ4v) is 3.60. The maximum atomic E-state index is 10.5. The normalized spacial score (nSPS) is 27.1. The van der Waals surface area contributed by atoms with Crippen molar-refractivity contribution >= 4 is 11.0 Å². The molecule has 0 aliphatic carbocycles. The van der Waals surface area contributed by atoms with E-state index in [0.717, 1.165) is 16.5 Å². The second kappa shape index (κ2) is 6.81. The number of aryl methyl sites for hydroxylation is 1. The van der Waals surface area contributed by atoms with E-state index in [1.807, 2.05) is 49.4 Å². The van der Waals surface area contributed by atoms with Gasteiger partial charge in [0.15, 0.2) is 6.23 Å². The van der Waals surface area contributed by atoms with Gasteiger partial charge in [-0.2, -0.15) is 0 Å². The molecule has 136 valence electrons. The van der Waals surface area contributed by atoms with Crippen LogP contribution in [0.2, 0.25) is 0 Å². The molecule has 2 aromatic heterocycles. The fourth-order valence-electron chi connectivity index (χ4n) is 3.60. The number of hydrogen-bond acceptors (Lipinski definition) is 5. The summed E-state index contributed by atoms with van der Waals surface area (Å²) in [6, 6.07) is 13.3. The van der Waals surface area contributed by atoms with Crippen molar-refractivity contribution in [3.63, 3.8) is 0 Å². The molecule has 0 radical (unpaired) electrons. The predicted octanol–water partition coefficient (Wildman–Crippen LogP) is 1.57. The fraction of sp³-hybridized carbons (Fsp3) is 0.350. The van der Waals surface area contributed by atoms with Gasteiger partial charge in [-0.25, -0.2) is 4.98 Å². The summed E-state index contributed by atoms with van der Waals surface area (Å²) >= 11 is 0. The van der Waals surface area contributed by atoms with E-state index in [-0.39, 0.29) is 0 Å². The maximum Gasteiger partial charge on any atom is 0.164 e. The van der Waals surface area contributed by atoms with Crippen LogP contribution in [-0.4, -0.2) is 49.3 Å². The molecule has 5 atom stereocenters. The predicted molar refractivity (Wildman–Crippen MR) is 96.5 cm³/mol. The largest absolute Gasteiger partial charge is 0.390 e. The van der Waals surface area contributed by atoms with Crippen molar-refractivity contribution in [1.82, 2.24) is 9.55 Å². The van der Waals surface area contributed by atoms with Gasteiger partial charge in [-0.3, -0.25) is 0 Å². The summed E-state index contributed by atoms with van der Waals surface area (Å²) in [7, 11) is 0. The van der Waals surface area contributed by atoms with Crippen molar-refractivity contribution in [2.75, 3.05) is 0 Å². The number of pyridine rings is 1. The van der Waals surface area contributed by atoms with E-state index in [1.165, 1.54) is 0 Å². The molecule has 3 aromatic rings. The molecule has 1 fully saturated rings. The number of rotatable bonds is 4. The van der Waals surface area contributed by atoms with Gasteiger partial charge in [-0.05, 0) is 30.2 Å². The average molecular weight is 354 g/mol. The van der Waals surface area contributed by atoms with Gasteiger partial charge < -0.3 is 24.6 Å². The molecular weight excluding hydrogens is 332 g/mol. The number of ether oxygens (including phenoxy) is 1. The second-order valence-corrected chi connectivity index (χ2v) is 6.82. The van der Waals surface area contributed by atoms with Crippen LogP contribution in [0.1, 0.15) is 17.4 Å². The minimum Gasteiger partial charge on any atom is -0.390 e. The molecule has 3 heterocycles. The van der Waals surface area contributed by atoms with Crippen molar-refractivity contribution in [3.05, 3.63) is 66.0 Å². The summed E-state index contributed by atoms with van der Waals surface area (Å²) in [5.41, 5.74) is 2.69. The lowest BCUT2D eigenvalue weighted by molar-refractivity contribution is -0.0827. The minimum atomic E-state index is -1.18. The molecule has 0 amide bonds. The topological polar surface area (TPSA) is 87.7 Å². The van der Waals surface area contributed by atoms with Crippen LogP contribution in [0.4, 0.5) is 0 Å². The zero-order valence-electron chi connectivity index (χ0n) is 14.4. The zero-order chi connectivity index (χ0) is 18.3. The molecular formula is C20H22N2O4. The smallest absolute Gasteiger partial charge is 0.164 e. The van der Waals surface area contributed by atoms with Crippen LogP contribution in [0.3, 0.4) is 0 Å². The monoisotopic (exact) mass is 354 g/mol. The van der Waals surface area contributed by atoms with Crippen LogP contribution in [0, 0.1) is 6.92 Å². The summed E-state index contributed by atoms with van der Waals surface area (Å²) < 4.78 is 7.60. The summed E-state index contributed by atoms with van der Waals surface area (Å²) in [5, 5.41) is 32.4. The van der Waals surface area contributed by atoms with E-state index in [2.05, 4.69) is 4.98 Å². The number of aliphatic hydroxyl groups excluding tert-OH is 3. The van der Waals surface area contributed by atoms with Gasteiger partial charge in [0.05, 0.1) is 6.10 Å². The molecule has 6 heteroatoms. The van der Waals surface area contributed by atoms with Crippen LogP contribution < -0.4 is 0 Å². The highest BCUT2D eigenvalue weighted by Crippen LogP contribution is 2.34. The number of aromatic nitrogens is 2. The van der Waals surface area contributed by atoms with Crippen molar-refractivity contribution in [1.29, 1.82) is 0 Å². The van der Waals surface area contributed by atoms with Gasteiger partial charge >= 0.3 is 0 Å². The lowest BCUT2D eigenvalue weighted by Crippen LogP contribution is -2.39. The maximum absolute atomic E-state index is 10.5. The van der Waals surface area contributed by atoms with Gasteiger partial charge in [-0.15, -0.1) is 0 Å². The molecule has 6 nitrogen and oxygen atoms in total. The highest BCUT2D eigenvalue weighted by atomic mass is 16.6. The Bertz CT molecular complexity index is 895. The molecule has 0 saturated carbocycles. The third kappa shape index (κ3) is 2.91. The quantitative estimate of drug-likeness (QED) is 0.662. The lowest BCUT2D eigenvalue weighted by atomic mass is 9.99. The Balaban J connectivity index is 1.58. The Kier molecular flexibility index (Phi) is 4.50. The number of nitrogens with zero attached hydrogens (tertiary/aromatic N) is 2. The molecule has 0 spiro atoms. The molecule has 0 bridgehead atoms. The number of aliphatic hydroxyl groups is 3. The van der Waals surface area contributed by atoms with E-state index >= 15 is 0 Å². The number of benzene rings is 1. The van der Waals surface area contributed by atoms with Crippen LogP contribution in [-0.2, 0) is 11.2 Å². The molecule has 1 aliphatic heterocycles. The Hall–Kier alpha value is -2.25. The minimum absolute atomic E-state index is 0.339. The van der Waals surface area contributed by atoms with Gasteiger partial charge in [-0.1, -0.05) is 30.3 Å². The molecule has 3 N–H and O–H groups in total. The molecule has 1 aromatic carbocycles. The van der Waals surface area contributed by atoms with E-state index < -0.39 is 30.6 Å². The van der Waals surface area contributed by atoms with Gasteiger partial charge in [0, 0.05) is 24.2 Å². The van der Waals surface area contributed by atoms with Crippen LogP contribution in [0.25, 0.3) is 11.0 Å². The second-order valence-electron chi connectivity index (χ2n) is 6.82. The summed E-state index contributed by atoms with van der Waals surface area (Å²) in [6.07, 6.45) is -1.10. The molecule has 1 saturated heterocycles. The Morgan fingerprint density at radius 2 is 1.88 bits per heavy atom. The third-order valence-corrected chi connectivity index (χ3v) is 5.05. The standard InChI is InChI=1S/C20H22N2O4/c1-12-7-9-21-19-14(12)8-10-22(19)20-17(25)16(24)18(26-20)15(23)11-13-5-3-2-4-6-13/h2-10,15-18,20,23-25H,11H2,1H3/t15-,16+,17-,18-,20-/m1/s1. The molecule has 26 heavy (non-hydrogen) atoms. The highest BCUT2D eigenvalue weighted by molar-refractivity contribution is 5.79. The SMILES string of the molecule is Cc1ccnc2c1ccn2[C@@H]1O[C@H]([C@H](O)Cc2ccccc2)[C@@H](O)[C@H]1O. The van der Waals surface area contributed by atoms with Gasteiger partial charge in [0.1, 0.15) is 24.0 Å². The zero-order valence-corrected chi connectivity index (χ0v) is 14.4. The first-order valence-electron chi connectivity index (χ1n) is 8.72. The molecule has 0 unspecified atom stereocenters. The van der Waals surface area contributed by atoms with Gasteiger partial charge in [0.25, 0.3) is 0 Å². The van der Waals surface area contributed by atoms with E-state index in [1.54, 1.807) is 17.0 Å². The van der Waals surface area contributed by atoms with E-state index in [4.69, 9.17) is 4.74 Å². The van der Waals surface area contributed by atoms with Crippen molar-refractivity contribution in [2.45, 2.75) is 44.0 Å². The summed E-state index contributed by atoms with van der Waals surface area (Å²) in [6.45, 7) is 1.99. The number of fused-ring (bicyclic) bond motifs is 1. The summed E-state index contributed by atoms with van der Waals surface area (Å²) in [4.78, 5) is 4.37.